The molecule has 0 N–H and O–H groups in total. The van der Waals surface area contributed by atoms with Crippen molar-refractivity contribution in [1.29, 1.82) is 0 Å². The number of benzene rings is 3. The normalized spacial score (nSPS) is 10.4. The molecule has 2 nitrogen and oxygen atoms in total. The topological polar surface area (TPSA) is 26.3 Å². The summed E-state index contributed by atoms with van der Waals surface area (Å²) in [7, 11) is 0. The Kier molecular flexibility index (Phi) is 5.43. The van der Waals surface area contributed by atoms with E-state index in [1.165, 1.54) is 0 Å². The lowest BCUT2D eigenvalue weighted by molar-refractivity contribution is 0.0549. The Morgan fingerprint density at radius 1 is 0.720 bits per heavy atom. The van der Waals surface area contributed by atoms with Crippen molar-refractivity contribution in [3.63, 3.8) is 0 Å². The minimum Gasteiger partial charge on any atom is -0.458 e. The summed E-state index contributed by atoms with van der Waals surface area (Å²) in [6.07, 6.45) is 1.56. The zero-order valence-corrected chi connectivity index (χ0v) is 13.9. The number of ether oxygens (including phenoxy) is 1. The van der Waals surface area contributed by atoms with Gasteiger partial charge in [0.1, 0.15) is 6.61 Å². The van der Waals surface area contributed by atoms with Crippen LogP contribution in [-0.2, 0) is 4.74 Å². The Morgan fingerprint density at radius 2 is 1.16 bits per heavy atom. The molecular formula is C23H19O2. The molecule has 0 saturated carbocycles. The highest BCUT2D eigenvalue weighted by atomic mass is 16.5. The molecule has 0 aliphatic carbocycles. The fourth-order valence-electron chi connectivity index (χ4n) is 2.70. The van der Waals surface area contributed by atoms with E-state index in [1.54, 1.807) is 18.2 Å². The van der Waals surface area contributed by atoms with Crippen molar-refractivity contribution in [2.75, 3.05) is 6.61 Å². The predicted molar refractivity (Wildman–Crippen MR) is 100 cm³/mol. The summed E-state index contributed by atoms with van der Waals surface area (Å²) in [6, 6.07) is 28.0. The minimum atomic E-state index is -0.340. The lowest BCUT2D eigenvalue weighted by Gasteiger charge is -2.18. The van der Waals surface area contributed by atoms with E-state index < -0.39 is 0 Å². The van der Waals surface area contributed by atoms with Crippen molar-refractivity contribution in [3.8, 4) is 0 Å². The lowest BCUT2D eigenvalue weighted by Crippen LogP contribution is -2.07. The first-order valence-electron chi connectivity index (χ1n) is 8.16. The highest BCUT2D eigenvalue weighted by Gasteiger charge is 2.18. The Morgan fingerprint density at radius 3 is 1.64 bits per heavy atom. The minimum absolute atomic E-state index is 0.214. The van der Waals surface area contributed by atoms with Crippen LogP contribution in [0.15, 0.2) is 97.6 Å². The van der Waals surface area contributed by atoms with Gasteiger partial charge in [-0.1, -0.05) is 85.5 Å². The summed E-state index contributed by atoms with van der Waals surface area (Å²) >= 11 is 0. The molecule has 0 amide bonds. The van der Waals surface area contributed by atoms with Crippen LogP contribution in [0, 0.1) is 5.92 Å². The zero-order chi connectivity index (χ0) is 17.5. The third-order valence-electron chi connectivity index (χ3n) is 3.87. The van der Waals surface area contributed by atoms with E-state index in [-0.39, 0.29) is 12.6 Å². The molecule has 0 bridgehead atoms. The molecule has 0 aliphatic rings. The monoisotopic (exact) mass is 327 g/mol. The van der Waals surface area contributed by atoms with Gasteiger partial charge >= 0.3 is 5.97 Å². The van der Waals surface area contributed by atoms with Gasteiger partial charge in [-0.25, -0.2) is 4.79 Å². The molecule has 25 heavy (non-hydrogen) atoms. The van der Waals surface area contributed by atoms with Gasteiger partial charge < -0.3 is 4.74 Å². The number of hydrogen-bond acceptors (Lipinski definition) is 2. The molecule has 3 rings (SSSR count). The molecule has 0 unspecified atom stereocenters. The Bertz CT molecular complexity index is 781. The van der Waals surface area contributed by atoms with Crippen molar-refractivity contribution >= 4 is 5.97 Å². The van der Waals surface area contributed by atoms with E-state index in [0.717, 1.165) is 22.6 Å². The van der Waals surface area contributed by atoms with Crippen LogP contribution in [-0.4, -0.2) is 12.6 Å². The molecule has 0 fully saturated rings. The molecule has 0 saturated heterocycles. The molecule has 0 atom stereocenters. The van der Waals surface area contributed by atoms with Crippen LogP contribution in [0.1, 0.15) is 27.0 Å². The van der Waals surface area contributed by atoms with E-state index >= 15 is 0 Å². The number of hydrogen-bond donors (Lipinski definition) is 0. The fraction of sp³-hybridized carbons (Fsp3) is 0.0435. The summed E-state index contributed by atoms with van der Waals surface area (Å²) in [5.74, 6) is 0.791. The lowest BCUT2D eigenvalue weighted by atomic mass is 9.85. The second-order valence-corrected chi connectivity index (χ2v) is 5.57. The average Bonchev–Trinajstić information content (AvgIpc) is 2.68. The molecule has 0 spiro atoms. The molecular weight excluding hydrogens is 308 g/mol. The molecule has 1 radical (unpaired) electrons. The van der Waals surface area contributed by atoms with E-state index in [9.17, 15) is 4.79 Å². The van der Waals surface area contributed by atoms with Gasteiger partial charge in [0.25, 0.3) is 0 Å². The molecule has 3 aromatic carbocycles. The van der Waals surface area contributed by atoms with Gasteiger partial charge in [-0.15, -0.1) is 0 Å². The Labute approximate surface area is 148 Å². The van der Waals surface area contributed by atoms with Gasteiger partial charge in [0.05, 0.1) is 11.5 Å². The quantitative estimate of drug-likeness (QED) is 0.360. The van der Waals surface area contributed by atoms with E-state index in [2.05, 4.69) is 30.8 Å². The Balaban J connectivity index is 1.94. The molecule has 123 valence electrons. The first-order chi connectivity index (χ1) is 12.3. The standard InChI is InChI=1S/C23H19O2/c1-2-17-25-23(24)21-15-13-20(14-16-21)22(18-9-5-3-6-10-18)19-11-7-4-8-12-19/h2-16H,1,17H2. The molecule has 3 aromatic rings. The van der Waals surface area contributed by atoms with Crippen molar-refractivity contribution in [1.82, 2.24) is 0 Å². The van der Waals surface area contributed by atoms with Crippen LogP contribution >= 0.6 is 0 Å². The number of rotatable bonds is 6. The Hall–Kier alpha value is -3.13. The third-order valence-corrected chi connectivity index (χ3v) is 3.87. The van der Waals surface area contributed by atoms with E-state index in [1.807, 2.05) is 48.5 Å². The predicted octanol–water partition coefficient (Wildman–Crippen LogP) is 5.05. The van der Waals surface area contributed by atoms with Crippen molar-refractivity contribution in [3.05, 3.63) is 126 Å². The maximum atomic E-state index is 11.9. The highest BCUT2D eigenvalue weighted by Crippen LogP contribution is 2.30. The second-order valence-electron chi connectivity index (χ2n) is 5.57. The maximum absolute atomic E-state index is 11.9. The average molecular weight is 327 g/mol. The molecule has 0 heterocycles. The fourth-order valence-corrected chi connectivity index (χ4v) is 2.70. The van der Waals surface area contributed by atoms with E-state index in [0.29, 0.717) is 5.56 Å². The number of esters is 1. The van der Waals surface area contributed by atoms with Gasteiger partial charge in [0.15, 0.2) is 0 Å². The third kappa shape index (κ3) is 4.04. The van der Waals surface area contributed by atoms with Crippen LogP contribution in [0.5, 0.6) is 0 Å². The van der Waals surface area contributed by atoms with Crippen molar-refractivity contribution < 1.29 is 9.53 Å². The SMILES string of the molecule is C=CCOC(=O)c1ccc([C](c2ccccc2)c2ccccc2)cc1. The van der Waals surface area contributed by atoms with Gasteiger partial charge in [0.2, 0.25) is 0 Å². The van der Waals surface area contributed by atoms with Crippen LogP contribution in [0.2, 0.25) is 0 Å². The summed E-state index contributed by atoms with van der Waals surface area (Å²) in [5.41, 5.74) is 3.86. The maximum Gasteiger partial charge on any atom is 0.338 e. The van der Waals surface area contributed by atoms with Gasteiger partial charge in [-0.3, -0.25) is 0 Å². The van der Waals surface area contributed by atoms with Gasteiger partial charge in [-0.05, 0) is 28.8 Å². The highest BCUT2D eigenvalue weighted by molar-refractivity contribution is 5.89. The van der Waals surface area contributed by atoms with Gasteiger partial charge in [-0.2, -0.15) is 0 Å². The van der Waals surface area contributed by atoms with Gasteiger partial charge in [0, 0.05) is 0 Å². The van der Waals surface area contributed by atoms with Crippen LogP contribution in [0.4, 0.5) is 0 Å². The smallest absolute Gasteiger partial charge is 0.338 e. The second kappa shape index (κ2) is 8.11. The number of carbonyl (C=O) groups excluding carboxylic acids is 1. The van der Waals surface area contributed by atoms with Crippen LogP contribution < -0.4 is 0 Å². The molecule has 2 heteroatoms. The first kappa shape index (κ1) is 16.7. The van der Waals surface area contributed by atoms with Crippen molar-refractivity contribution in [2.45, 2.75) is 0 Å². The summed E-state index contributed by atoms with van der Waals surface area (Å²) in [4.78, 5) is 11.9. The number of carbonyl (C=O) groups is 1. The summed E-state index contributed by atoms with van der Waals surface area (Å²) in [5, 5.41) is 0. The summed E-state index contributed by atoms with van der Waals surface area (Å²) < 4.78 is 5.08. The van der Waals surface area contributed by atoms with E-state index in [4.69, 9.17) is 4.74 Å². The van der Waals surface area contributed by atoms with Crippen molar-refractivity contribution in [2.24, 2.45) is 0 Å². The molecule has 0 aromatic heterocycles. The van der Waals surface area contributed by atoms with Crippen LogP contribution in [0.3, 0.4) is 0 Å². The molecule has 0 aliphatic heterocycles. The summed E-state index contributed by atoms with van der Waals surface area (Å²) in [6.45, 7) is 3.76. The zero-order valence-electron chi connectivity index (χ0n) is 13.9. The van der Waals surface area contributed by atoms with Crippen LogP contribution in [0.25, 0.3) is 0 Å². The first-order valence-corrected chi connectivity index (χ1v) is 8.16. The largest absolute Gasteiger partial charge is 0.458 e.